The molecule has 0 aromatic heterocycles. The molecule has 2 amide bonds. The summed E-state index contributed by atoms with van der Waals surface area (Å²) in [7, 11) is 0. The SMILES string of the molecule is CCOC1CC(NC(=O)NC2CC(N(CC)CC(=O)O)C2)C1(CC)CC. The molecule has 2 fully saturated rings. The van der Waals surface area contributed by atoms with Gasteiger partial charge in [0.25, 0.3) is 0 Å². The van der Waals surface area contributed by atoms with E-state index in [9.17, 15) is 9.59 Å². The molecule has 0 bridgehead atoms. The zero-order valence-corrected chi connectivity index (χ0v) is 16.6. The Morgan fingerprint density at radius 2 is 1.77 bits per heavy atom. The molecule has 0 aromatic rings. The van der Waals surface area contributed by atoms with Gasteiger partial charge in [0.05, 0.1) is 12.6 Å². The molecule has 7 nitrogen and oxygen atoms in total. The first-order valence-electron chi connectivity index (χ1n) is 10.0. The minimum Gasteiger partial charge on any atom is -0.480 e. The molecule has 0 radical (unpaired) electrons. The number of rotatable bonds is 10. The Hall–Kier alpha value is -1.34. The molecule has 3 N–H and O–H groups in total. The number of nitrogens with one attached hydrogen (secondary N) is 2. The Morgan fingerprint density at radius 3 is 2.27 bits per heavy atom. The van der Waals surface area contributed by atoms with E-state index in [0.717, 1.165) is 32.1 Å². The molecule has 2 aliphatic carbocycles. The van der Waals surface area contributed by atoms with E-state index in [2.05, 4.69) is 24.5 Å². The lowest BCUT2D eigenvalue weighted by atomic mass is 9.58. The third kappa shape index (κ3) is 4.31. The summed E-state index contributed by atoms with van der Waals surface area (Å²) in [6.07, 6.45) is 4.71. The van der Waals surface area contributed by atoms with Crippen molar-refractivity contribution < 1.29 is 19.4 Å². The third-order valence-corrected chi connectivity index (χ3v) is 6.48. The molecule has 2 rings (SSSR count). The van der Waals surface area contributed by atoms with Crippen molar-refractivity contribution in [3.8, 4) is 0 Å². The fourth-order valence-electron chi connectivity index (χ4n) is 4.65. The number of hydrogen-bond donors (Lipinski definition) is 3. The molecular weight excluding hydrogens is 334 g/mol. The quantitative estimate of drug-likeness (QED) is 0.549. The smallest absolute Gasteiger partial charge is 0.317 e. The number of nitrogens with zero attached hydrogens (tertiary/aromatic N) is 1. The van der Waals surface area contributed by atoms with Gasteiger partial charge in [-0.25, -0.2) is 4.79 Å². The molecule has 150 valence electrons. The van der Waals surface area contributed by atoms with Gasteiger partial charge in [0, 0.05) is 30.1 Å². The van der Waals surface area contributed by atoms with Crippen LogP contribution in [0.25, 0.3) is 0 Å². The Kier molecular flexibility index (Phi) is 7.29. The van der Waals surface area contributed by atoms with Crippen molar-refractivity contribution in [2.45, 2.75) is 84.0 Å². The number of carbonyl (C=O) groups excluding carboxylic acids is 1. The minimum atomic E-state index is -0.801. The van der Waals surface area contributed by atoms with Crippen LogP contribution in [0.15, 0.2) is 0 Å². The molecule has 2 aliphatic rings. The normalized spacial score (nSPS) is 29.6. The fraction of sp³-hybridized carbons (Fsp3) is 0.895. The summed E-state index contributed by atoms with van der Waals surface area (Å²) in [5.74, 6) is -0.801. The van der Waals surface area contributed by atoms with Gasteiger partial charge in [0.2, 0.25) is 0 Å². The van der Waals surface area contributed by atoms with Crippen LogP contribution in [0.2, 0.25) is 0 Å². The number of amides is 2. The first-order valence-corrected chi connectivity index (χ1v) is 10.0. The van der Waals surface area contributed by atoms with Gasteiger partial charge >= 0.3 is 12.0 Å². The highest BCUT2D eigenvalue weighted by Crippen LogP contribution is 2.48. The molecule has 7 heteroatoms. The molecule has 0 spiro atoms. The zero-order valence-electron chi connectivity index (χ0n) is 16.6. The van der Waals surface area contributed by atoms with Crippen LogP contribution >= 0.6 is 0 Å². The number of aliphatic carboxylic acids is 1. The maximum absolute atomic E-state index is 12.4. The van der Waals surface area contributed by atoms with E-state index in [1.54, 1.807) is 0 Å². The van der Waals surface area contributed by atoms with E-state index < -0.39 is 5.97 Å². The van der Waals surface area contributed by atoms with Gasteiger partial charge in [-0.3, -0.25) is 9.69 Å². The van der Waals surface area contributed by atoms with Crippen molar-refractivity contribution in [3.63, 3.8) is 0 Å². The van der Waals surface area contributed by atoms with Gasteiger partial charge in [-0.15, -0.1) is 0 Å². The molecule has 26 heavy (non-hydrogen) atoms. The van der Waals surface area contributed by atoms with Gasteiger partial charge in [-0.2, -0.15) is 0 Å². The number of hydrogen-bond acceptors (Lipinski definition) is 4. The Morgan fingerprint density at radius 1 is 1.12 bits per heavy atom. The van der Waals surface area contributed by atoms with Crippen LogP contribution in [-0.4, -0.2) is 65.9 Å². The van der Waals surface area contributed by atoms with Crippen LogP contribution in [0.4, 0.5) is 4.79 Å². The third-order valence-electron chi connectivity index (χ3n) is 6.48. The standard InChI is InChI=1S/C19H35N3O4/c1-5-19(6-2)15(11-16(19)26-8-4)21-18(25)20-13-9-14(10-13)22(7-3)12-17(23)24/h13-16H,5-12H2,1-4H3,(H,23,24)(H2,20,21,25). The van der Waals surface area contributed by atoms with Crippen molar-refractivity contribution in [2.75, 3.05) is 19.7 Å². The average molecular weight is 370 g/mol. The van der Waals surface area contributed by atoms with Gasteiger partial charge in [0.1, 0.15) is 0 Å². The van der Waals surface area contributed by atoms with Crippen LogP contribution in [0.1, 0.15) is 59.8 Å². The predicted molar refractivity (Wildman–Crippen MR) is 100 cm³/mol. The van der Waals surface area contributed by atoms with Crippen molar-refractivity contribution in [2.24, 2.45) is 5.41 Å². The average Bonchev–Trinajstić information content (AvgIpc) is 2.56. The molecule has 0 saturated heterocycles. The second-order valence-electron chi connectivity index (χ2n) is 7.57. The van der Waals surface area contributed by atoms with E-state index in [4.69, 9.17) is 9.84 Å². The second kappa shape index (κ2) is 9.04. The van der Waals surface area contributed by atoms with E-state index in [0.29, 0.717) is 13.2 Å². The molecule has 0 heterocycles. The number of likely N-dealkylation sites (N-methyl/N-ethyl adjacent to an activating group) is 1. The summed E-state index contributed by atoms with van der Waals surface area (Å²) in [6.45, 7) is 9.80. The van der Waals surface area contributed by atoms with Crippen molar-refractivity contribution in [1.29, 1.82) is 0 Å². The number of urea groups is 1. The Balaban J connectivity index is 1.77. The number of carboxylic acid groups (broad SMARTS) is 1. The van der Waals surface area contributed by atoms with Gasteiger partial charge in [-0.05, 0) is 45.6 Å². The van der Waals surface area contributed by atoms with Gasteiger partial charge in [0.15, 0.2) is 0 Å². The minimum absolute atomic E-state index is 0.0377. The van der Waals surface area contributed by atoms with Crippen LogP contribution in [0.5, 0.6) is 0 Å². The first-order chi connectivity index (χ1) is 12.4. The lowest BCUT2D eigenvalue weighted by Gasteiger charge is -2.55. The van der Waals surface area contributed by atoms with Crippen LogP contribution in [0, 0.1) is 5.41 Å². The number of ether oxygens (including phenoxy) is 1. The molecule has 0 aromatic carbocycles. The van der Waals surface area contributed by atoms with Crippen LogP contribution in [0.3, 0.4) is 0 Å². The van der Waals surface area contributed by atoms with Gasteiger partial charge < -0.3 is 20.5 Å². The summed E-state index contributed by atoms with van der Waals surface area (Å²) >= 11 is 0. The topological polar surface area (TPSA) is 90.9 Å². The predicted octanol–water partition coefficient (Wildman–Crippen LogP) is 2.21. The molecule has 0 aliphatic heterocycles. The van der Waals surface area contributed by atoms with Crippen LogP contribution < -0.4 is 10.6 Å². The highest BCUT2D eigenvalue weighted by molar-refractivity contribution is 5.75. The maximum atomic E-state index is 12.4. The van der Waals surface area contributed by atoms with E-state index in [1.807, 2.05) is 18.7 Å². The highest BCUT2D eigenvalue weighted by Gasteiger charge is 2.54. The van der Waals surface area contributed by atoms with Crippen LogP contribution in [-0.2, 0) is 9.53 Å². The fourth-order valence-corrected chi connectivity index (χ4v) is 4.65. The van der Waals surface area contributed by atoms with Gasteiger partial charge in [-0.1, -0.05) is 20.8 Å². The first kappa shape index (κ1) is 21.0. The molecular formula is C19H35N3O4. The summed E-state index contributed by atoms with van der Waals surface area (Å²) in [6, 6.07) is 0.422. The van der Waals surface area contributed by atoms with E-state index in [1.165, 1.54) is 0 Å². The monoisotopic (exact) mass is 369 g/mol. The number of carboxylic acids is 1. The summed E-state index contributed by atoms with van der Waals surface area (Å²) in [4.78, 5) is 25.2. The zero-order chi connectivity index (χ0) is 19.3. The summed E-state index contributed by atoms with van der Waals surface area (Å²) in [5, 5.41) is 15.1. The van der Waals surface area contributed by atoms with Crippen molar-refractivity contribution in [1.82, 2.24) is 15.5 Å². The Labute approximate surface area is 156 Å². The highest BCUT2D eigenvalue weighted by atomic mass is 16.5. The largest absolute Gasteiger partial charge is 0.480 e. The Bertz CT molecular complexity index is 489. The van der Waals surface area contributed by atoms with Crippen molar-refractivity contribution >= 4 is 12.0 Å². The van der Waals surface area contributed by atoms with Crippen molar-refractivity contribution in [3.05, 3.63) is 0 Å². The maximum Gasteiger partial charge on any atom is 0.317 e. The summed E-state index contributed by atoms with van der Waals surface area (Å²) < 4.78 is 5.86. The lowest BCUT2D eigenvalue weighted by Crippen LogP contribution is -2.66. The number of carbonyl (C=O) groups is 2. The molecule has 2 saturated carbocycles. The summed E-state index contributed by atoms with van der Waals surface area (Å²) in [5.41, 5.74) is 0.0377. The van der Waals surface area contributed by atoms with E-state index >= 15 is 0 Å². The molecule has 2 unspecified atom stereocenters. The second-order valence-corrected chi connectivity index (χ2v) is 7.57. The lowest BCUT2D eigenvalue weighted by molar-refractivity contribution is -0.139. The van der Waals surface area contributed by atoms with E-state index in [-0.39, 0.29) is 42.2 Å². The molecule has 2 atom stereocenters.